The van der Waals surface area contributed by atoms with Crippen LogP contribution in [0.2, 0.25) is 0 Å². The Bertz CT molecular complexity index is 523. The number of ether oxygens (including phenoxy) is 1. The predicted octanol–water partition coefficient (Wildman–Crippen LogP) is 2.08. The van der Waals surface area contributed by atoms with Gasteiger partial charge in [0.25, 0.3) is 0 Å². The van der Waals surface area contributed by atoms with Gasteiger partial charge < -0.3 is 9.84 Å². The van der Waals surface area contributed by atoms with Gasteiger partial charge in [-0.15, -0.1) is 0 Å². The lowest BCUT2D eigenvalue weighted by Gasteiger charge is -2.14. The molecule has 1 atom stereocenters. The summed E-state index contributed by atoms with van der Waals surface area (Å²) < 4.78 is 41.6. The molecular weight excluding hydrogens is 271 g/mol. The van der Waals surface area contributed by atoms with Gasteiger partial charge in [-0.25, -0.2) is 12.8 Å². The summed E-state index contributed by atoms with van der Waals surface area (Å²) in [6, 6.07) is 3.79. The number of rotatable bonds is 6. The van der Waals surface area contributed by atoms with E-state index in [2.05, 4.69) is 0 Å². The van der Waals surface area contributed by atoms with Gasteiger partial charge in [0.05, 0.1) is 17.1 Å². The van der Waals surface area contributed by atoms with E-state index in [1.165, 1.54) is 19.1 Å². The average molecular weight is 290 g/mol. The van der Waals surface area contributed by atoms with Crippen LogP contribution in [0.1, 0.15) is 32.4 Å². The van der Waals surface area contributed by atoms with Gasteiger partial charge in [-0.3, -0.25) is 0 Å². The Morgan fingerprint density at radius 1 is 1.32 bits per heavy atom. The zero-order chi connectivity index (χ0) is 14.6. The van der Waals surface area contributed by atoms with E-state index >= 15 is 0 Å². The van der Waals surface area contributed by atoms with Crippen LogP contribution in [-0.4, -0.2) is 31.1 Å². The van der Waals surface area contributed by atoms with E-state index < -0.39 is 27.0 Å². The van der Waals surface area contributed by atoms with Gasteiger partial charge in [0.1, 0.15) is 18.2 Å². The van der Waals surface area contributed by atoms with Crippen LogP contribution in [0.3, 0.4) is 0 Å². The monoisotopic (exact) mass is 290 g/mol. The molecular formula is C13H19FO4S. The van der Waals surface area contributed by atoms with Crippen LogP contribution < -0.4 is 4.74 Å². The first kappa shape index (κ1) is 15.9. The van der Waals surface area contributed by atoms with E-state index in [0.717, 1.165) is 6.07 Å². The molecule has 108 valence electrons. The Balaban J connectivity index is 2.75. The minimum Gasteiger partial charge on any atom is -0.492 e. The Morgan fingerprint density at radius 2 is 1.95 bits per heavy atom. The summed E-state index contributed by atoms with van der Waals surface area (Å²) in [7, 11) is -3.19. The molecule has 0 saturated carbocycles. The van der Waals surface area contributed by atoms with E-state index in [1.54, 1.807) is 13.8 Å². The molecule has 4 nitrogen and oxygen atoms in total. The SMILES string of the molecule is CC(O)c1ccc(F)cc1OCCS(=O)(=O)C(C)C. The molecule has 0 radical (unpaired) electrons. The zero-order valence-corrected chi connectivity index (χ0v) is 12.1. The summed E-state index contributed by atoms with van der Waals surface area (Å²) in [6.45, 7) is 4.66. The highest BCUT2D eigenvalue weighted by Gasteiger charge is 2.17. The van der Waals surface area contributed by atoms with Crippen molar-refractivity contribution in [2.75, 3.05) is 12.4 Å². The second-order valence-electron chi connectivity index (χ2n) is 4.62. The van der Waals surface area contributed by atoms with Crippen LogP contribution in [0.4, 0.5) is 4.39 Å². The second-order valence-corrected chi connectivity index (χ2v) is 7.30. The van der Waals surface area contributed by atoms with Crippen LogP contribution in [0.5, 0.6) is 5.75 Å². The number of halogens is 1. The van der Waals surface area contributed by atoms with Crippen LogP contribution >= 0.6 is 0 Å². The lowest BCUT2D eigenvalue weighted by atomic mass is 10.1. The Hall–Kier alpha value is -1.14. The number of hydrogen-bond acceptors (Lipinski definition) is 4. The quantitative estimate of drug-likeness (QED) is 0.871. The van der Waals surface area contributed by atoms with Crippen LogP contribution in [0.15, 0.2) is 18.2 Å². The fraction of sp³-hybridized carbons (Fsp3) is 0.538. The van der Waals surface area contributed by atoms with Crippen molar-refractivity contribution in [2.24, 2.45) is 0 Å². The molecule has 1 unspecified atom stereocenters. The van der Waals surface area contributed by atoms with Gasteiger partial charge in [-0.05, 0) is 32.9 Å². The molecule has 19 heavy (non-hydrogen) atoms. The maximum Gasteiger partial charge on any atom is 0.155 e. The first-order valence-electron chi connectivity index (χ1n) is 6.06. The van der Waals surface area contributed by atoms with Gasteiger partial charge in [0, 0.05) is 11.6 Å². The smallest absolute Gasteiger partial charge is 0.155 e. The molecule has 0 bridgehead atoms. The summed E-state index contributed by atoms with van der Waals surface area (Å²) in [6.07, 6.45) is -0.808. The summed E-state index contributed by atoms with van der Waals surface area (Å²) >= 11 is 0. The van der Waals surface area contributed by atoms with Crippen LogP contribution in [0, 0.1) is 5.82 Å². The lowest BCUT2D eigenvalue weighted by molar-refractivity contribution is 0.192. The molecule has 0 aliphatic heterocycles. The number of aliphatic hydroxyl groups excluding tert-OH is 1. The van der Waals surface area contributed by atoms with E-state index in [0.29, 0.717) is 5.56 Å². The minimum atomic E-state index is -3.19. The Morgan fingerprint density at radius 3 is 2.47 bits per heavy atom. The van der Waals surface area contributed by atoms with Gasteiger partial charge in [-0.2, -0.15) is 0 Å². The molecule has 0 amide bonds. The third kappa shape index (κ3) is 4.47. The number of sulfone groups is 1. The lowest BCUT2D eigenvalue weighted by Crippen LogP contribution is -2.22. The topological polar surface area (TPSA) is 63.6 Å². The number of aliphatic hydroxyl groups is 1. The zero-order valence-electron chi connectivity index (χ0n) is 11.3. The van der Waals surface area contributed by atoms with Crippen molar-refractivity contribution in [3.05, 3.63) is 29.6 Å². The van der Waals surface area contributed by atoms with Gasteiger partial charge >= 0.3 is 0 Å². The Kier molecular flexibility index (Phi) is 5.31. The Labute approximate surface area is 113 Å². The maximum absolute atomic E-state index is 13.1. The molecule has 0 fully saturated rings. The average Bonchev–Trinajstić information content (AvgIpc) is 2.28. The van der Waals surface area contributed by atoms with E-state index in [4.69, 9.17) is 4.74 Å². The first-order chi connectivity index (χ1) is 8.74. The molecule has 6 heteroatoms. The number of benzene rings is 1. The van der Waals surface area contributed by atoms with Crippen LogP contribution in [-0.2, 0) is 9.84 Å². The van der Waals surface area contributed by atoms with E-state index in [9.17, 15) is 17.9 Å². The molecule has 0 aliphatic rings. The molecule has 0 spiro atoms. The van der Waals surface area contributed by atoms with Crippen molar-refractivity contribution in [2.45, 2.75) is 32.1 Å². The van der Waals surface area contributed by atoms with Gasteiger partial charge in [0.2, 0.25) is 0 Å². The van der Waals surface area contributed by atoms with Gasteiger partial charge in [-0.1, -0.05) is 0 Å². The summed E-state index contributed by atoms with van der Waals surface area (Å²) in [5.74, 6) is -0.458. The standard InChI is InChI=1S/C13H19FO4S/c1-9(2)19(16,17)7-6-18-13-8-11(14)4-5-12(13)10(3)15/h4-5,8-10,15H,6-7H2,1-3H3. The largest absolute Gasteiger partial charge is 0.492 e. The second kappa shape index (κ2) is 6.34. The van der Waals surface area contributed by atoms with Crippen molar-refractivity contribution in [3.8, 4) is 5.75 Å². The summed E-state index contributed by atoms with van der Waals surface area (Å²) in [5, 5.41) is 9.05. The molecule has 1 N–H and O–H groups in total. The molecule has 1 aromatic rings. The molecule has 0 aromatic heterocycles. The maximum atomic E-state index is 13.1. The predicted molar refractivity (Wildman–Crippen MR) is 71.5 cm³/mol. The molecule has 0 saturated heterocycles. The van der Waals surface area contributed by atoms with Crippen molar-refractivity contribution < 1.29 is 22.7 Å². The third-order valence-corrected chi connectivity index (χ3v) is 4.94. The van der Waals surface area contributed by atoms with Crippen molar-refractivity contribution in [1.82, 2.24) is 0 Å². The van der Waals surface area contributed by atoms with Crippen molar-refractivity contribution >= 4 is 9.84 Å². The highest BCUT2D eigenvalue weighted by atomic mass is 32.2. The van der Waals surface area contributed by atoms with Crippen molar-refractivity contribution in [1.29, 1.82) is 0 Å². The molecule has 1 aromatic carbocycles. The highest BCUT2D eigenvalue weighted by Crippen LogP contribution is 2.26. The molecule has 0 heterocycles. The van der Waals surface area contributed by atoms with E-state index in [1.807, 2.05) is 0 Å². The minimum absolute atomic E-state index is 0.0658. The summed E-state index contributed by atoms with van der Waals surface area (Å²) in [4.78, 5) is 0. The first-order valence-corrected chi connectivity index (χ1v) is 7.77. The van der Waals surface area contributed by atoms with E-state index in [-0.39, 0.29) is 18.1 Å². The fourth-order valence-electron chi connectivity index (χ4n) is 1.48. The molecule has 0 aliphatic carbocycles. The van der Waals surface area contributed by atoms with Gasteiger partial charge in [0.15, 0.2) is 9.84 Å². The highest BCUT2D eigenvalue weighted by molar-refractivity contribution is 7.91. The molecule has 1 rings (SSSR count). The van der Waals surface area contributed by atoms with Crippen molar-refractivity contribution in [3.63, 3.8) is 0 Å². The third-order valence-electron chi connectivity index (χ3n) is 2.77. The summed E-state index contributed by atoms with van der Waals surface area (Å²) in [5.41, 5.74) is 0.434. The van der Waals surface area contributed by atoms with Crippen LogP contribution in [0.25, 0.3) is 0 Å². The fourth-order valence-corrected chi connectivity index (χ4v) is 2.27. The normalized spacial score (nSPS) is 13.6. The number of hydrogen-bond donors (Lipinski definition) is 1.